The summed E-state index contributed by atoms with van der Waals surface area (Å²) >= 11 is 0. The van der Waals surface area contributed by atoms with Crippen molar-refractivity contribution in [3.63, 3.8) is 0 Å². The molecule has 0 spiro atoms. The van der Waals surface area contributed by atoms with E-state index in [0.717, 1.165) is 25.9 Å². The van der Waals surface area contributed by atoms with Gasteiger partial charge < -0.3 is 15.4 Å². The average Bonchev–Trinajstić information content (AvgIpc) is 2.54. The summed E-state index contributed by atoms with van der Waals surface area (Å²) in [5, 5.41) is 0. The van der Waals surface area contributed by atoms with Crippen molar-refractivity contribution in [2.24, 2.45) is 5.41 Å². The molecule has 1 amide bonds. The maximum atomic E-state index is 12.7. The van der Waals surface area contributed by atoms with Gasteiger partial charge in [-0.3, -0.25) is 4.79 Å². The third-order valence-corrected chi connectivity index (χ3v) is 5.07. The Balaban J connectivity index is 2.14. The Hall–Kier alpha value is -1.71. The maximum absolute atomic E-state index is 12.7. The number of nitrogen functional groups attached to an aromatic ring is 1. The number of nitrogens with zero attached hydrogens (tertiary/aromatic N) is 1. The van der Waals surface area contributed by atoms with Gasteiger partial charge in [-0.1, -0.05) is 26.7 Å². The zero-order valence-corrected chi connectivity index (χ0v) is 13.3. The number of amides is 1. The monoisotopic (exact) mass is 290 g/mol. The summed E-state index contributed by atoms with van der Waals surface area (Å²) in [5.74, 6) is 0.622. The van der Waals surface area contributed by atoms with Gasteiger partial charge in [0, 0.05) is 18.8 Å². The Morgan fingerprint density at radius 1 is 1.29 bits per heavy atom. The molecule has 116 valence electrons. The maximum Gasteiger partial charge on any atom is 0.257 e. The highest BCUT2D eigenvalue weighted by Crippen LogP contribution is 2.38. The molecule has 1 heterocycles. The highest BCUT2D eigenvalue weighted by Gasteiger charge is 2.33. The van der Waals surface area contributed by atoms with Crippen LogP contribution < -0.4 is 10.5 Å². The van der Waals surface area contributed by atoms with Gasteiger partial charge in [0.2, 0.25) is 0 Å². The van der Waals surface area contributed by atoms with E-state index in [9.17, 15) is 4.79 Å². The van der Waals surface area contributed by atoms with E-state index in [4.69, 9.17) is 10.5 Å². The molecular formula is C17H26N2O2. The van der Waals surface area contributed by atoms with E-state index in [1.54, 1.807) is 25.3 Å². The molecule has 21 heavy (non-hydrogen) atoms. The van der Waals surface area contributed by atoms with Crippen LogP contribution in [0, 0.1) is 5.41 Å². The SMILES string of the molecule is CCC1(CC)CCN(C(=O)c2cc(N)ccc2OC)CC1. The number of likely N-dealkylation sites (tertiary alicyclic amines) is 1. The molecule has 0 atom stereocenters. The van der Waals surface area contributed by atoms with Crippen LogP contribution in [-0.2, 0) is 0 Å². The highest BCUT2D eigenvalue weighted by atomic mass is 16.5. The van der Waals surface area contributed by atoms with Gasteiger partial charge in [0.25, 0.3) is 5.91 Å². The zero-order valence-electron chi connectivity index (χ0n) is 13.3. The molecule has 1 fully saturated rings. The third-order valence-electron chi connectivity index (χ3n) is 5.07. The van der Waals surface area contributed by atoms with Gasteiger partial charge in [0.1, 0.15) is 5.75 Å². The van der Waals surface area contributed by atoms with Gasteiger partial charge in [-0.25, -0.2) is 0 Å². The third kappa shape index (κ3) is 3.14. The number of carbonyl (C=O) groups is 1. The molecule has 1 aromatic carbocycles. The summed E-state index contributed by atoms with van der Waals surface area (Å²) in [7, 11) is 1.58. The van der Waals surface area contributed by atoms with E-state index < -0.39 is 0 Å². The molecule has 0 bridgehead atoms. The fraction of sp³-hybridized carbons (Fsp3) is 0.588. The molecule has 2 rings (SSSR count). The summed E-state index contributed by atoms with van der Waals surface area (Å²) in [6.45, 7) is 6.14. The van der Waals surface area contributed by atoms with Crippen LogP contribution in [0.5, 0.6) is 5.75 Å². The number of rotatable bonds is 4. The molecule has 1 aromatic rings. The first-order valence-electron chi connectivity index (χ1n) is 7.78. The van der Waals surface area contributed by atoms with Crippen LogP contribution in [-0.4, -0.2) is 31.0 Å². The molecule has 1 saturated heterocycles. The smallest absolute Gasteiger partial charge is 0.257 e. The molecule has 4 heteroatoms. The summed E-state index contributed by atoms with van der Waals surface area (Å²) in [6, 6.07) is 5.22. The molecule has 0 unspecified atom stereocenters. The first-order valence-corrected chi connectivity index (χ1v) is 7.78. The van der Waals surface area contributed by atoms with Crippen molar-refractivity contribution in [1.82, 2.24) is 4.90 Å². The molecule has 0 saturated carbocycles. The average molecular weight is 290 g/mol. The van der Waals surface area contributed by atoms with Crippen molar-refractivity contribution < 1.29 is 9.53 Å². The number of benzene rings is 1. The predicted octanol–water partition coefficient (Wildman–Crippen LogP) is 3.32. The number of piperidine rings is 1. The number of hydrogen-bond donors (Lipinski definition) is 1. The molecule has 0 aliphatic carbocycles. The summed E-state index contributed by atoms with van der Waals surface area (Å²) in [5.41, 5.74) is 7.38. The standard InChI is InChI=1S/C17H26N2O2/c1-4-17(5-2)8-10-19(11-9-17)16(20)14-12-13(18)6-7-15(14)21-3/h6-7,12H,4-5,8-11,18H2,1-3H3. The summed E-state index contributed by atoms with van der Waals surface area (Å²) in [4.78, 5) is 14.6. The van der Waals surface area contributed by atoms with Crippen LogP contribution in [0.4, 0.5) is 5.69 Å². The predicted molar refractivity (Wildman–Crippen MR) is 85.6 cm³/mol. The van der Waals surface area contributed by atoms with Crippen LogP contribution in [0.2, 0.25) is 0 Å². The molecular weight excluding hydrogens is 264 g/mol. The molecule has 1 aliphatic rings. The van der Waals surface area contributed by atoms with Crippen molar-refractivity contribution in [2.45, 2.75) is 39.5 Å². The lowest BCUT2D eigenvalue weighted by Gasteiger charge is -2.41. The van der Waals surface area contributed by atoms with E-state index in [-0.39, 0.29) is 5.91 Å². The zero-order chi connectivity index (χ0) is 15.5. The minimum Gasteiger partial charge on any atom is -0.496 e. The largest absolute Gasteiger partial charge is 0.496 e. The van der Waals surface area contributed by atoms with E-state index in [1.807, 2.05) is 4.90 Å². The Kier molecular flexibility index (Phi) is 4.76. The van der Waals surface area contributed by atoms with Gasteiger partial charge in [0.05, 0.1) is 12.7 Å². The quantitative estimate of drug-likeness (QED) is 0.865. The fourth-order valence-corrected chi connectivity index (χ4v) is 3.20. The first kappa shape index (κ1) is 15.7. The van der Waals surface area contributed by atoms with Gasteiger partial charge in [-0.05, 0) is 36.5 Å². The van der Waals surface area contributed by atoms with E-state index in [0.29, 0.717) is 22.4 Å². The van der Waals surface area contributed by atoms with Crippen molar-refractivity contribution in [2.75, 3.05) is 25.9 Å². The fourth-order valence-electron chi connectivity index (χ4n) is 3.20. The van der Waals surface area contributed by atoms with Crippen molar-refractivity contribution in [3.05, 3.63) is 23.8 Å². The van der Waals surface area contributed by atoms with Crippen LogP contribution in [0.25, 0.3) is 0 Å². The molecule has 2 N–H and O–H groups in total. The van der Waals surface area contributed by atoms with E-state index in [2.05, 4.69) is 13.8 Å². The molecule has 0 aromatic heterocycles. The second kappa shape index (κ2) is 6.37. The van der Waals surface area contributed by atoms with Crippen LogP contribution >= 0.6 is 0 Å². The van der Waals surface area contributed by atoms with E-state index >= 15 is 0 Å². The topological polar surface area (TPSA) is 55.6 Å². The van der Waals surface area contributed by atoms with Gasteiger partial charge in [-0.2, -0.15) is 0 Å². The lowest BCUT2D eigenvalue weighted by molar-refractivity contribution is 0.0555. The van der Waals surface area contributed by atoms with Gasteiger partial charge in [-0.15, -0.1) is 0 Å². The minimum absolute atomic E-state index is 0.0277. The lowest BCUT2D eigenvalue weighted by Crippen LogP contribution is -2.42. The normalized spacial score (nSPS) is 17.6. The highest BCUT2D eigenvalue weighted by molar-refractivity contribution is 5.97. The number of hydrogen-bond acceptors (Lipinski definition) is 3. The summed E-state index contributed by atoms with van der Waals surface area (Å²) in [6.07, 6.45) is 4.53. The molecule has 1 aliphatic heterocycles. The Labute approximate surface area is 127 Å². The number of methoxy groups -OCH3 is 1. The minimum atomic E-state index is 0.0277. The number of nitrogens with two attached hydrogens (primary N) is 1. The Morgan fingerprint density at radius 3 is 2.43 bits per heavy atom. The van der Waals surface area contributed by atoms with E-state index in [1.165, 1.54) is 12.8 Å². The van der Waals surface area contributed by atoms with Crippen LogP contribution in [0.15, 0.2) is 18.2 Å². The van der Waals surface area contributed by atoms with Crippen molar-refractivity contribution >= 4 is 11.6 Å². The van der Waals surface area contributed by atoms with Gasteiger partial charge >= 0.3 is 0 Å². The first-order chi connectivity index (χ1) is 10.0. The summed E-state index contributed by atoms with van der Waals surface area (Å²) < 4.78 is 5.29. The number of carbonyl (C=O) groups excluding carboxylic acids is 1. The Morgan fingerprint density at radius 2 is 1.90 bits per heavy atom. The second-order valence-corrected chi connectivity index (χ2v) is 5.96. The van der Waals surface area contributed by atoms with Crippen molar-refractivity contribution in [3.8, 4) is 5.75 Å². The molecule has 0 radical (unpaired) electrons. The Bertz CT molecular complexity index is 500. The number of ether oxygens (including phenoxy) is 1. The van der Waals surface area contributed by atoms with Crippen molar-refractivity contribution in [1.29, 1.82) is 0 Å². The van der Waals surface area contributed by atoms with Gasteiger partial charge in [0.15, 0.2) is 0 Å². The lowest BCUT2D eigenvalue weighted by atomic mass is 9.74. The van der Waals surface area contributed by atoms with Crippen LogP contribution in [0.3, 0.4) is 0 Å². The number of anilines is 1. The molecule has 4 nitrogen and oxygen atoms in total. The van der Waals surface area contributed by atoms with Crippen LogP contribution in [0.1, 0.15) is 49.9 Å². The second-order valence-electron chi connectivity index (χ2n) is 5.96.